The van der Waals surface area contributed by atoms with Gasteiger partial charge < -0.3 is 9.88 Å². The van der Waals surface area contributed by atoms with Crippen molar-refractivity contribution in [2.24, 2.45) is 5.92 Å². The van der Waals surface area contributed by atoms with Crippen LogP contribution in [-0.2, 0) is 6.54 Å². The topological polar surface area (TPSA) is 34.0 Å². The van der Waals surface area contributed by atoms with Crippen LogP contribution in [0.5, 0.6) is 0 Å². The average molecular weight is 405 g/mol. The molecule has 0 aliphatic carbocycles. The molecule has 1 N–H and O–H groups in total. The van der Waals surface area contributed by atoms with E-state index < -0.39 is 0 Å². The number of halogens is 1. The van der Waals surface area contributed by atoms with Crippen LogP contribution in [0.25, 0.3) is 10.2 Å². The third-order valence-electron chi connectivity index (χ3n) is 4.01. The zero-order valence-corrected chi connectivity index (χ0v) is 16.4. The van der Waals surface area contributed by atoms with Crippen molar-refractivity contribution in [1.29, 1.82) is 0 Å². The molecular weight excluding hydrogens is 384 g/mol. The molecule has 2 aromatic heterocycles. The molecule has 3 rings (SSSR count). The Kier molecular flexibility index (Phi) is 5.11. The summed E-state index contributed by atoms with van der Waals surface area (Å²) in [5.41, 5.74) is 2.95. The summed E-state index contributed by atoms with van der Waals surface area (Å²) in [4.78, 5) is 12.9. The zero-order valence-electron chi connectivity index (χ0n) is 14.0. The Balaban J connectivity index is 1.92. The molecule has 2 heterocycles. The number of hydrogen-bond acceptors (Lipinski definition) is 2. The molecule has 0 saturated heterocycles. The van der Waals surface area contributed by atoms with Gasteiger partial charge in [0.25, 0.3) is 5.91 Å². The quantitative estimate of drug-likeness (QED) is 0.588. The molecule has 1 aromatic carbocycles. The number of benzene rings is 1. The first-order valence-corrected chi connectivity index (χ1v) is 9.76. The summed E-state index contributed by atoms with van der Waals surface area (Å²) >= 11 is 5.28. The lowest BCUT2D eigenvalue weighted by atomic mass is 10.1. The number of amides is 1. The van der Waals surface area contributed by atoms with Crippen LogP contribution in [0.4, 0.5) is 0 Å². The normalized spacial score (nSPS) is 12.7. The number of hydrogen-bond donors (Lipinski definition) is 1. The minimum atomic E-state index is -0.0256. The highest BCUT2D eigenvalue weighted by molar-refractivity contribution is 9.10. The molecular formula is C19H21BrN2OS. The molecule has 0 aliphatic rings. The number of rotatable bonds is 5. The first-order chi connectivity index (χ1) is 11.5. The van der Waals surface area contributed by atoms with Gasteiger partial charge in [0.05, 0.1) is 20.7 Å². The predicted molar refractivity (Wildman–Crippen MR) is 105 cm³/mol. The van der Waals surface area contributed by atoms with Crippen LogP contribution < -0.4 is 5.32 Å². The molecule has 1 atom stereocenters. The van der Waals surface area contributed by atoms with Crippen molar-refractivity contribution in [2.45, 2.75) is 33.4 Å². The average Bonchev–Trinajstić information content (AvgIpc) is 3.09. The highest BCUT2D eigenvalue weighted by Gasteiger charge is 2.20. The molecule has 5 heteroatoms. The van der Waals surface area contributed by atoms with Crippen molar-refractivity contribution < 1.29 is 4.79 Å². The van der Waals surface area contributed by atoms with Crippen molar-refractivity contribution in [2.75, 3.05) is 0 Å². The van der Waals surface area contributed by atoms with Crippen molar-refractivity contribution in [1.82, 2.24) is 9.88 Å². The molecule has 0 unspecified atom stereocenters. The Bertz CT molecular complexity index is 851. The number of nitrogens with one attached hydrogen (secondary N) is 1. The molecule has 3 nitrogen and oxygen atoms in total. The number of carbonyl (C=O) groups excluding carboxylic acids is 1. The lowest BCUT2D eigenvalue weighted by molar-refractivity contribution is 0.0930. The molecule has 0 fully saturated rings. The van der Waals surface area contributed by atoms with Crippen molar-refractivity contribution in [3.63, 3.8) is 0 Å². The monoisotopic (exact) mass is 404 g/mol. The number of thiophene rings is 1. The summed E-state index contributed by atoms with van der Waals surface area (Å²) in [5, 5.41) is 5.21. The van der Waals surface area contributed by atoms with Gasteiger partial charge in [-0.25, -0.2) is 0 Å². The molecule has 0 aliphatic heterocycles. The highest BCUT2D eigenvalue weighted by atomic mass is 79.9. The molecule has 0 spiro atoms. The van der Waals surface area contributed by atoms with E-state index in [1.54, 1.807) is 11.3 Å². The van der Waals surface area contributed by atoms with Crippen LogP contribution in [0.3, 0.4) is 0 Å². The summed E-state index contributed by atoms with van der Waals surface area (Å²) in [6, 6.07) is 12.0. The van der Waals surface area contributed by atoms with Crippen LogP contribution in [0, 0.1) is 5.92 Å². The second-order valence-electron chi connectivity index (χ2n) is 6.44. The Morgan fingerprint density at radius 1 is 1.25 bits per heavy atom. The number of carbonyl (C=O) groups is 1. The lowest BCUT2D eigenvalue weighted by Crippen LogP contribution is -2.29. The fourth-order valence-electron chi connectivity index (χ4n) is 2.87. The maximum atomic E-state index is 12.9. The van der Waals surface area contributed by atoms with E-state index >= 15 is 0 Å². The molecule has 0 bridgehead atoms. The van der Waals surface area contributed by atoms with Gasteiger partial charge in [0.15, 0.2) is 0 Å². The fourth-order valence-corrected chi connectivity index (χ4v) is 4.56. The molecule has 0 saturated carbocycles. The minimum Gasteiger partial charge on any atom is -0.344 e. The van der Waals surface area contributed by atoms with Crippen molar-refractivity contribution in [3.05, 3.63) is 57.5 Å². The van der Waals surface area contributed by atoms with Crippen LogP contribution in [0.2, 0.25) is 0 Å². The summed E-state index contributed by atoms with van der Waals surface area (Å²) in [7, 11) is 0. The first kappa shape index (κ1) is 17.2. The summed E-state index contributed by atoms with van der Waals surface area (Å²) in [6.45, 7) is 7.17. The number of nitrogens with zero attached hydrogens (tertiary/aromatic N) is 1. The van der Waals surface area contributed by atoms with E-state index in [1.165, 1.54) is 0 Å². The van der Waals surface area contributed by atoms with Crippen molar-refractivity contribution >= 4 is 43.4 Å². The molecule has 24 heavy (non-hydrogen) atoms. The van der Waals surface area contributed by atoms with E-state index in [2.05, 4.69) is 45.0 Å². The second kappa shape index (κ2) is 7.11. The third kappa shape index (κ3) is 3.42. The summed E-state index contributed by atoms with van der Waals surface area (Å²) in [5.74, 6) is 0.438. The Hall–Kier alpha value is -1.59. The van der Waals surface area contributed by atoms with Gasteiger partial charge in [0.1, 0.15) is 5.69 Å². The van der Waals surface area contributed by atoms with Gasteiger partial charge >= 0.3 is 0 Å². The number of fused-ring (bicyclic) bond motifs is 1. The standard InChI is InChI=1S/C19H21BrN2OS/c1-12(2)10-22-16(9-17-18(22)15(20)11-24-17)19(23)21-13(3)14-7-5-4-6-8-14/h4-9,11-13H,10H2,1-3H3,(H,21,23)/t13-/m0/s1. The second-order valence-corrected chi connectivity index (χ2v) is 8.20. The maximum Gasteiger partial charge on any atom is 0.268 e. The Labute approximate surface area is 154 Å². The smallest absolute Gasteiger partial charge is 0.268 e. The van der Waals surface area contributed by atoms with Crippen LogP contribution in [0.15, 0.2) is 46.3 Å². The molecule has 3 aromatic rings. The summed E-state index contributed by atoms with van der Waals surface area (Å²) < 4.78 is 4.33. The Morgan fingerprint density at radius 3 is 2.62 bits per heavy atom. The largest absolute Gasteiger partial charge is 0.344 e. The van der Waals surface area contributed by atoms with Gasteiger partial charge in [-0.05, 0) is 40.4 Å². The maximum absolute atomic E-state index is 12.9. The van der Waals surface area contributed by atoms with Crippen LogP contribution in [-0.4, -0.2) is 10.5 Å². The van der Waals surface area contributed by atoms with E-state index in [-0.39, 0.29) is 11.9 Å². The molecule has 0 radical (unpaired) electrons. The van der Waals surface area contributed by atoms with Gasteiger partial charge in [-0.2, -0.15) is 0 Å². The van der Waals surface area contributed by atoms with Gasteiger partial charge in [-0.1, -0.05) is 44.2 Å². The van der Waals surface area contributed by atoms with Gasteiger partial charge in [0, 0.05) is 11.9 Å². The van der Waals surface area contributed by atoms with E-state index in [0.717, 1.165) is 32.5 Å². The number of aromatic nitrogens is 1. The highest BCUT2D eigenvalue weighted by Crippen LogP contribution is 2.34. The first-order valence-electron chi connectivity index (χ1n) is 8.09. The Morgan fingerprint density at radius 2 is 1.96 bits per heavy atom. The van der Waals surface area contributed by atoms with Gasteiger partial charge in [0.2, 0.25) is 0 Å². The fraction of sp³-hybridized carbons (Fsp3) is 0.316. The van der Waals surface area contributed by atoms with E-state index in [0.29, 0.717) is 5.92 Å². The SMILES string of the molecule is CC(C)Cn1c(C(=O)N[C@@H](C)c2ccccc2)cc2scc(Br)c21. The van der Waals surface area contributed by atoms with Crippen LogP contribution in [0.1, 0.15) is 42.9 Å². The van der Waals surface area contributed by atoms with Gasteiger partial charge in [-0.15, -0.1) is 11.3 Å². The van der Waals surface area contributed by atoms with E-state index in [9.17, 15) is 4.79 Å². The molecule has 1 amide bonds. The third-order valence-corrected chi connectivity index (χ3v) is 5.83. The zero-order chi connectivity index (χ0) is 17.3. The summed E-state index contributed by atoms with van der Waals surface area (Å²) in [6.07, 6.45) is 0. The van der Waals surface area contributed by atoms with E-state index in [4.69, 9.17) is 0 Å². The van der Waals surface area contributed by atoms with Crippen LogP contribution >= 0.6 is 27.3 Å². The van der Waals surface area contributed by atoms with Gasteiger partial charge in [-0.3, -0.25) is 4.79 Å². The minimum absolute atomic E-state index is 0.0254. The van der Waals surface area contributed by atoms with Crippen molar-refractivity contribution in [3.8, 4) is 0 Å². The predicted octanol–water partition coefficient (Wildman–Crippen LogP) is 5.61. The lowest BCUT2D eigenvalue weighted by Gasteiger charge is -2.17. The molecule has 126 valence electrons. The van der Waals surface area contributed by atoms with E-state index in [1.807, 2.05) is 43.3 Å².